The van der Waals surface area contributed by atoms with Gasteiger partial charge in [0.05, 0.1) is 12.8 Å². The maximum atomic E-state index is 12.6. The molecule has 1 fully saturated rings. The summed E-state index contributed by atoms with van der Waals surface area (Å²) in [7, 11) is 1.67. The van der Waals surface area contributed by atoms with Crippen molar-refractivity contribution < 1.29 is 9.53 Å². The van der Waals surface area contributed by atoms with E-state index < -0.39 is 0 Å². The van der Waals surface area contributed by atoms with Gasteiger partial charge in [-0.25, -0.2) is 0 Å². The minimum absolute atomic E-state index is 0.00177. The predicted octanol–water partition coefficient (Wildman–Crippen LogP) is 3.50. The molecule has 1 aliphatic heterocycles. The Hall–Kier alpha value is -3.15. The van der Waals surface area contributed by atoms with Gasteiger partial charge in [-0.2, -0.15) is 5.10 Å². The number of aromatic nitrogens is 3. The molecule has 3 heterocycles. The fourth-order valence-electron chi connectivity index (χ4n) is 3.63. The van der Waals surface area contributed by atoms with Gasteiger partial charge < -0.3 is 9.64 Å². The first-order valence-electron chi connectivity index (χ1n) is 9.15. The zero-order valence-electron chi connectivity index (χ0n) is 15.3. The van der Waals surface area contributed by atoms with E-state index in [1.165, 1.54) is 0 Å². The lowest BCUT2D eigenvalue weighted by Gasteiger charge is -2.32. The summed E-state index contributed by atoms with van der Waals surface area (Å²) in [6.45, 7) is 1.43. The zero-order valence-corrected chi connectivity index (χ0v) is 15.3. The average molecular weight is 362 g/mol. The van der Waals surface area contributed by atoms with Crippen LogP contribution in [0.25, 0.3) is 11.3 Å². The summed E-state index contributed by atoms with van der Waals surface area (Å²) < 4.78 is 5.47. The van der Waals surface area contributed by atoms with Crippen LogP contribution in [0.1, 0.15) is 34.9 Å². The summed E-state index contributed by atoms with van der Waals surface area (Å²) in [5.41, 5.74) is 3.41. The van der Waals surface area contributed by atoms with Gasteiger partial charge in [0.25, 0.3) is 5.91 Å². The summed E-state index contributed by atoms with van der Waals surface area (Å²) >= 11 is 0. The minimum atomic E-state index is -0.00177. The van der Waals surface area contributed by atoms with Gasteiger partial charge in [-0.15, -0.1) is 0 Å². The highest BCUT2D eigenvalue weighted by atomic mass is 16.5. The van der Waals surface area contributed by atoms with Gasteiger partial charge in [-0.05, 0) is 43.2 Å². The van der Waals surface area contributed by atoms with E-state index in [0.717, 1.165) is 42.1 Å². The number of H-pyrrole nitrogens is 1. The van der Waals surface area contributed by atoms with Crippen molar-refractivity contribution >= 4 is 5.91 Å². The molecule has 0 saturated carbocycles. The maximum absolute atomic E-state index is 12.6. The van der Waals surface area contributed by atoms with Crippen molar-refractivity contribution in [1.82, 2.24) is 20.1 Å². The molecule has 2 aromatic heterocycles. The molecule has 0 bridgehead atoms. The monoisotopic (exact) mass is 362 g/mol. The molecule has 3 aromatic rings. The lowest BCUT2D eigenvalue weighted by molar-refractivity contribution is 0.0700. The molecule has 0 radical (unpaired) electrons. The van der Waals surface area contributed by atoms with Crippen LogP contribution in [-0.4, -0.2) is 46.2 Å². The molecule has 1 aliphatic rings. The number of amides is 1. The van der Waals surface area contributed by atoms with Crippen molar-refractivity contribution in [2.24, 2.45) is 0 Å². The van der Waals surface area contributed by atoms with Gasteiger partial charge in [0.15, 0.2) is 0 Å². The molecule has 1 aromatic carbocycles. The Labute approximate surface area is 158 Å². The quantitative estimate of drug-likeness (QED) is 0.771. The zero-order chi connectivity index (χ0) is 18.6. The number of piperidine rings is 1. The normalized spacial score (nSPS) is 16.9. The fraction of sp³-hybridized carbons (Fsp3) is 0.286. The molecule has 6 heteroatoms. The summed E-state index contributed by atoms with van der Waals surface area (Å²) in [4.78, 5) is 19.4. The second kappa shape index (κ2) is 7.61. The smallest absolute Gasteiger partial charge is 0.271 e. The Morgan fingerprint density at radius 1 is 1.19 bits per heavy atom. The largest absolute Gasteiger partial charge is 0.496 e. The topological polar surface area (TPSA) is 71.1 Å². The lowest BCUT2D eigenvalue weighted by atomic mass is 9.93. The number of ether oxygens (including phenoxy) is 1. The molecule has 1 saturated heterocycles. The standard InChI is InChI=1S/C21H22N4O2/c1-27-20-10-3-2-7-16(20)18-9-4-8-17(23-18)15-6-5-13-25(14-15)21(26)19-11-12-22-24-19/h2-4,7-12,15H,5-6,13-14H2,1H3,(H,22,24)/t15-/m1/s1. The van der Waals surface area contributed by atoms with Crippen molar-refractivity contribution in [3.63, 3.8) is 0 Å². The summed E-state index contributed by atoms with van der Waals surface area (Å²) in [5.74, 6) is 1.03. The number of likely N-dealkylation sites (tertiary alicyclic amines) is 1. The number of benzene rings is 1. The number of hydrogen-bond donors (Lipinski definition) is 1. The van der Waals surface area contributed by atoms with Crippen molar-refractivity contribution in [2.75, 3.05) is 20.2 Å². The van der Waals surface area contributed by atoms with Crippen LogP contribution in [0.4, 0.5) is 0 Å². The number of aromatic amines is 1. The van der Waals surface area contributed by atoms with Crippen LogP contribution >= 0.6 is 0 Å². The molecule has 0 unspecified atom stereocenters. The van der Waals surface area contributed by atoms with Gasteiger partial charge >= 0.3 is 0 Å². The summed E-state index contributed by atoms with van der Waals surface area (Å²) in [6.07, 6.45) is 3.59. The number of nitrogens with one attached hydrogen (secondary N) is 1. The number of nitrogens with zero attached hydrogens (tertiary/aromatic N) is 3. The summed E-state index contributed by atoms with van der Waals surface area (Å²) in [6, 6.07) is 15.7. The van der Waals surface area contributed by atoms with E-state index in [1.807, 2.05) is 47.4 Å². The van der Waals surface area contributed by atoms with Crippen LogP contribution in [0, 0.1) is 0 Å². The molecule has 138 valence electrons. The van der Waals surface area contributed by atoms with Crippen molar-refractivity contribution in [3.05, 3.63) is 66.1 Å². The predicted molar refractivity (Wildman–Crippen MR) is 103 cm³/mol. The average Bonchev–Trinajstić information content (AvgIpc) is 3.28. The molecular weight excluding hydrogens is 340 g/mol. The van der Waals surface area contributed by atoms with Crippen LogP contribution in [-0.2, 0) is 0 Å². The van der Waals surface area contributed by atoms with Crippen LogP contribution < -0.4 is 4.74 Å². The van der Waals surface area contributed by atoms with E-state index in [-0.39, 0.29) is 11.8 Å². The number of hydrogen-bond acceptors (Lipinski definition) is 4. The highest BCUT2D eigenvalue weighted by molar-refractivity contribution is 5.92. The van der Waals surface area contributed by atoms with Crippen molar-refractivity contribution in [3.8, 4) is 17.0 Å². The van der Waals surface area contributed by atoms with E-state index in [1.54, 1.807) is 19.4 Å². The fourth-order valence-corrected chi connectivity index (χ4v) is 3.63. The van der Waals surface area contributed by atoms with E-state index >= 15 is 0 Å². The van der Waals surface area contributed by atoms with Gasteiger partial charge in [-0.3, -0.25) is 14.9 Å². The third kappa shape index (κ3) is 3.56. The Kier molecular flexibility index (Phi) is 4.87. The van der Waals surface area contributed by atoms with Gasteiger partial charge in [-0.1, -0.05) is 18.2 Å². The van der Waals surface area contributed by atoms with E-state index in [2.05, 4.69) is 10.2 Å². The minimum Gasteiger partial charge on any atom is -0.496 e. The number of carbonyl (C=O) groups is 1. The van der Waals surface area contributed by atoms with Crippen LogP contribution in [0.15, 0.2) is 54.7 Å². The second-order valence-electron chi connectivity index (χ2n) is 6.71. The molecular formula is C21H22N4O2. The molecule has 1 atom stereocenters. The second-order valence-corrected chi connectivity index (χ2v) is 6.71. The summed E-state index contributed by atoms with van der Waals surface area (Å²) in [5, 5.41) is 6.64. The molecule has 4 rings (SSSR count). The first-order valence-corrected chi connectivity index (χ1v) is 9.15. The number of pyridine rings is 1. The number of para-hydroxylation sites is 1. The van der Waals surface area contributed by atoms with Gasteiger partial charge in [0.1, 0.15) is 11.4 Å². The lowest BCUT2D eigenvalue weighted by Crippen LogP contribution is -2.39. The Morgan fingerprint density at radius 2 is 2.07 bits per heavy atom. The number of carbonyl (C=O) groups excluding carboxylic acids is 1. The Balaban J connectivity index is 1.57. The first kappa shape index (κ1) is 17.3. The number of methoxy groups -OCH3 is 1. The maximum Gasteiger partial charge on any atom is 0.271 e. The molecule has 1 N–H and O–H groups in total. The van der Waals surface area contributed by atoms with Crippen LogP contribution in [0.3, 0.4) is 0 Å². The van der Waals surface area contributed by atoms with Crippen LogP contribution in [0.2, 0.25) is 0 Å². The molecule has 0 aliphatic carbocycles. The number of rotatable bonds is 4. The molecule has 6 nitrogen and oxygen atoms in total. The third-order valence-electron chi connectivity index (χ3n) is 5.01. The highest BCUT2D eigenvalue weighted by Crippen LogP contribution is 2.31. The van der Waals surface area contributed by atoms with E-state index in [4.69, 9.17) is 9.72 Å². The SMILES string of the molecule is COc1ccccc1-c1cccc([C@@H]2CCCN(C(=O)c3ccn[nH]3)C2)n1. The first-order chi connectivity index (χ1) is 13.3. The molecule has 1 amide bonds. The van der Waals surface area contributed by atoms with Crippen molar-refractivity contribution in [1.29, 1.82) is 0 Å². The van der Waals surface area contributed by atoms with Crippen molar-refractivity contribution in [2.45, 2.75) is 18.8 Å². The van der Waals surface area contributed by atoms with Gasteiger partial charge in [0.2, 0.25) is 0 Å². The van der Waals surface area contributed by atoms with Gasteiger partial charge in [0, 0.05) is 36.5 Å². The molecule has 0 spiro atoms. The highest BCUT2D eigenvalue weighted by Gasteiger charge is 2.27. The van der Waals surface area contributed by atoms with E-state index in [0.29, 0.717) is 12.2 Å². The van der Waals surface area contributed by atoms with Crippen LogP contribution in [0.5, 0.6) is 5.75 Å². The van der Waals surface area contributed by atoms with E-state index in [9.17, 15) is 4.79 Å². The third-order valence-corrected chi connectivity index (χ3v) is 5.01. The molecule has 27 heavy (non-hydrogen) atoms. The Morgan fingerprint density at radius 3 is 2.89 bits per heavy atom. The Bertz CT molecular complexity index is 923.